The molecule has 2 atom stereocenters. The quantitative estimate of drug-likeness (QED) is 0.827. The van der Waals surface area contributed by atoms with Crippen LogP contribution in [0.2, 0.25) is 0 Å². The van der Waals surface area contributed by atoms with Gasteiger partial charge in [-0.1, -0.05) is 27.2 Å². The molecule has 25 heavy (non-hydrogen) atoms. The Morgan fingerprint density at radius 2 is 2.16 bits per heavy atom. The van der Waals surface area contributed by atoms with Gasteiger partial charge in [-0.05, 0) is 31.6 Å². The summed E-state index contributed by atoms with van der Waals surface area (Å²) in [5, 5.41) is 10.3. The number of aryl methyl sites for hydroxylation is 1. The molecule has 0 unspecified atom stereocenters. The maximum atomic E-state index is 10.3. The molecule has 2 fully saturated rings. The van der Waals surface area contributed by atoms with Crippen LogP contribution in [0.25, 0.3) is 0 Å². The molecule has 2 N–H and O–H groups in total. The van der Waals surface area contributed by atoms with Gasteiger partial charge in [-0.3, -0.25) is 4.90 Å². The molecule has 2 aliphatic heterocycles. The van der Waals surface area contributed by atoms with Crippen molar-refractivity contribution in [3.05, 3.63) is 17.7 Å². The molecule has 142 valence electrons. The van der Waals surface area contributed by atoms with Gasteiger partial charge in [0.1, 0.15) is 5.82 Å². The molecule has 2 aliphatic rings. The van der Waals surface area contributed by atoms with Gasteiger partial charge in [0.05, 0.1) is 17.8 Å². The number of aromatic nitrogens is 2. The fourth-order valence-corrected chi connectivity index (χ4v) is 4.25. The largest absolute Gasteiger partial charge is 0.393 e. The Kier molecular flexibility index (Phi) is 6.18. The summed E-state index contributed by atoms with van der Waals surface area (Å²) in [7, 11) is 0. The zero-order valence-corrected chi connectivity index (χ0v) is 16.1. The third-order valence-electron chi connectivity index (χ3n) is 5.87. The van der Waals surface area contributed by atoms with Gasteiger partial charge in [-0.25, -0.2) is 4.98 Å². The number of imidazole rings is 1. The Balaban J connectivity index is 1.52. The molecule has 3 rings (SSSR count). The summed E-state index contributed by atoms with van der Waals surface area (Å²) >= 11 is 0. The number of nitrogens with one attached hydrogen (secondary N) is 1. The predicted molar refractivity (Wildman–Crippen MR) is 99.4 cm³/mol. The van der Waals surface area contributed by atoms with E-state index in [1.165, 1.54) is 18.5 Å². The van der Waals surface area contributed by atoms with Crippen molar-refractivity contribution in [2.24, 2.45) is 5.92 Å². The van der Waals surface area contributed by atoms with E-state index in [-0.39, 0.29) is 17.8 Å². The van der Waals surface area contributed by atoms with Gasteiger partial charge in [0.25, 0.3) is 0 Å². The molecule has 3 heterocycles. The molecular formula is C20H35N3O2. The number of likely N-dealkylation sites (tertiary alicyclic amines) is 1. The summed E-state index contributed by atoms with van der Waals surface area (Å²) in [6.45, 7) is 9.59. The van der Waals surface area contributed by atoms with Crippen LogP contribution in [0.3, 0.4) is 0 Å². The van der Waals surface area contributed by atoms with Crippen molar-refractivity contribution in [1.29, 1.82) is 0 Å². The van der Waals surface area contributed by atoms with Crippen LogP contribution in [0.1, 0.15) is 70.8 Å². The first-order valence-electron chi connectivity index (χ1n) is 10.1. The van der Waals surface area contributed by atoms with Crippen LogP contribution < -0.4 is 0 Å². The monoisotopic (exact) mass is 349 g/mol. The lowest BCUT2D eigenvalue weighted by Gasteiger charge is -2.48. The SMILES string of the molecule is CCCCc1ncc(CN2CCC3(CC2)C[C@H](O)C[C@H](C(C)C)O3)[nH]1. The first kappa shape index (κ1) is 18.9. The van der Waals surface area contributed by atoms with E-state index in [1.807, 2.05) is 6.20 Å². The van der Waals surface area contributed by atoms with Crippen LogP contribution in [-0.2, 0) is 17.7 Å². The van der Waals surface area contributed by atoms with Crippen molar-refractivity contribution in [1.82, 2.24) is 14.9 Å². The minimum atomic E-state index is -0.207. The van der Waals surface area contributed by atoms with E-state index in [9.17, 15) is 5.11 Å². The summed E-state index contributed by atoms with van der Waals surface area (Å²) in [6.07, 6.45) is 9.04. The highest BCUT2D eigenvalue weighted by atomic mass is 16.5. The van der Waals surface area contributed by atoms with Crippen LogP contribution in [0.15, 0.2) is 6.20 Å². The highest BCUT2D eigenvalue weighted by Gasteiger charge is 2.43. The number of aliphatic hydroxyl groups is 1. The Hall–Kier alpha value is -0.910. The summed E-state index contributed by atoms with van der Waals surface area (Å²) in [4.78, 5) is 10.5. The van der Waals surface area contributed by atoms with E-state index in [0.29, 0.717) is 5.92 Å². The maximum absolute atomic E-state index is 10.3. The number of H-pyrrole nitrogens is 1. The van der Waals surface area contributed by atoms with Gasteiger partial charge in [-0.15, -0.1) is 0 Å². The fourth-order valence-electron chi connectivity index (χ4n) is 4.25. The van der Waals surface area contributed by atoms with Crippen LogP contribution in [0.4, 0.5) is 0 Å². The van der Waals surface area contributed by atoms with Gasteiger partial charge in [0.2, 0.25) is 0 Å². The van der Waals surface area contributed by atoms with Crippen molar-refractivity contribution in [3.63, 3.8) is 0 Å². The number of piperidine rings is 1. The third kappa shape index (κ3) is 4.83. The van der Waals surface area contributed by atoms with Crippen molar-refractivity contribution < 1.29 is 9.84 Å². The number of rotatable bonds is 6. The Morgan fingerprint density at radius 3 is 2.84 bits per heavy atom. The van der Waals surface area contributed by atoms with Gasteiger partial charge in [0, 0.05) is 44.4 Å². The van der Waals surface area contributed by atoms with Crippen LogP contribution in [-0.4, -0.2) is 50.9 Å². The van der Waals surface area contributed by atoms with E-state index < -0.39 is 0 Å². The average Bonchev–Trinajstić information content (AvgIpc) is 3.02. The second-order valence-corrected chi connectivity index (χ2v) is 8.41. The highest BCUT2D eigenvalue weighted by Crippen LogP contribution is 2.39. The first-order valence-corrected chi connectivity index (χ1v) is 10.1. The molecule has 2 saturated heterocycles. The third-order valence-corrected chi connectivity index (χ3v) is 5.87. The Morgan fingerprint density at radius 1 is 1.40 bits per heavy atom. The lowest BCUT2D eigenvalue weighted by Crippen LogP contribution is -2.53. The number of hydrogen-bond acceptors (Lipinski definition) is 4. The van der Waals surface area contributed by atoms with Gasteiger partial charge < -0.3 is 14.8 Å². The molecule has 0 bridgehead atoms. The predicted octanol–water partition coefficient (Wildman–Crippen LogP) is 3.28. The number of ether oxygens (including phenoxy) is 1. The molecular weight excluding hydrogens is 314 g/mol. The zero-order valence-electron chi connectivity index (χ0n) is 16.1. The van der Waals surface area contributed by atoms with Crippen molar-refractivity contribution >= 4 is 0 Å². The van der Waals surface area contributed by atoms with Gasteiger partial charge in [-0.2, -0.15) is 0 Å². The molecule has 0 aliphatic carbocycles. The molecule has 1 spiro atoms. The number of aliphatic hydroxyl groups excluding tert-OH is 1. The normalized spacial score (nSPS) is 27.2. The number of aromatic amines is 1. The highest BCUT2D eigenvalue weighted by molar-refractivity contribution is 5.03. The number of unbranched alkanes of at least 4 members (excludes halogenated alkanes) is 1. The molecule has 1 aromatic rings. The lowest BCUT2D eigenvalue weighted by atomic mass is 9.80. The molecule has 0 radical (unpaired) electrons. The van der Waals surface area contributed by atoms with Gasteiger partial charge >= 0.3 is 0 Å². The molecule has 5 nitrogen and oxygen atoms in total. The van der Waals surface area contributed by atoms with Crippen molar-refractivity contribution in [3.8, 4) is 0 Å². The number of nitrogens with zero attached hydrogens (tertiary/aromatic N) is 2. The van der Waals surface area contributed by atoms with E-state index >= 15 is 0 Å². The zero-order chi connectivity index (χ0) is 17.9. The summed E-state index contributed by atoms with van der Waals surface area (Å²) in [5.74, 6) is 1.58. The second-order valence-electron chi connectivity index (χ2n) is 8.41. The lowest BCUT2D eigenvalue weighted by molar-refractivity contribution is -0.193. The molecule has 0 amide bonds. The fraction of sp³-hybridized carbons (Fsp3) is 0.850. The topological polar surface area (TPSA) is 61.4 Å². The standard InChI is InChI=1S/C20H35N3O2/c1-4-5-6-19-21-13-16(22-19)14-23-9-7-20(8-10-23)12-17(24)11-18(25-20)15(2)3/h13,15,17-18,24H,4-12,14H2,1-3H3,(H,21,22)/t17-,18-/m1/s1. The summed E-state index contributed by atoms with van der Waals surface area (Å²) in [6, 6.07) is 0. The molecule has 1 aromatic heterocycles. The smallest absolute Gasteiger partial charge is 0.106 e. The minimum absolute atomic E-state index is 0.108. The Bertz CT molecular complexity index is 535. The van der Waals surface area contributed by atoms with E-state index in [4.69, 9.17) is 4.74 Å². The summed E-state index contributed by atoms with van der Waals surface area (Å²) < 4.78 is 6.49. The molecule has 0 aromatic carbocycles. The van der Waals surface area contributed by atoms with E-state index in [1.54, 1.807) is 0 Å². The van der Waals surface area contributed by atoms with Crippen LogP contribution in [0, 0.1) is 5.92 Å². The molecule has 0 saturated carbocycles. The number of hydrogen-bond donors (Lipinski definition) is 2. The van der Waals surface area contributed by atoms with E-state index in [0.717, 1.165) is 57.6 Å². The maximum Gasteiger partial charge on any atom is 0.106 e. The average molecular weight is 350 g/mol. The van der Waals surface area contributed by atoms with Crippen molar-refractivity contribution in [2.45, 2.75) is 90.1 Å². The van der Waals surface area contributed by atoms with E-state index in [2.05, 4.69) is 35.6 Å². The molecule has 5 heteroatoms. The van der Waals surface area contributed by atoms with Crippen molar-refractivity contribution in [2.75, 3.05) is 13.1 Å². The van der Waals surface area contributed by atoms with Crippen LogP contribution in [0.5, 0.6) is 0 Å². The minimum Gasteiger partial charge on any atom is -0.393 e. The second kappa shape index (κ2) is 8.19. The van der Waals surface area contributed by atoms with Gasteiger partial charge in [0.15, 0.2) is 0 Å². The Labute approximate surface area is 152 Å². The first-order chi connectivity index (χ1) is 12.0. The summed E-state index contributed by atoms with van der Waals surface area (Å²) in [5.41, 5.74) is 1.11. The van der Waals surface area contributed by atoms with Crippen LogP contribution >= 0.6 is 0 Å².